The summed E-state index contributed by atoms with van der Waals surface area (Å²) in [6, 6.07) is 11.2. The van der Waals surface area contributed by atoms with Crippen molar-refractivity contribution in [3.63, 3.8) is 0 Å². The van der Waals surface area contributed by atoms with Crippen LogP contribution < -0.4 is 5.32 Å². The second-order valence-electron chi connectivity index (χ2n) is 4.62. The highest BCUT2D eigenvalue weighted by molar-refractivity contribution is 6.04. The lowest BCUT2D eigenvalue weighted by atomic mass is 10.1. The Hall–Kier alpha value is -2.62. The molecule has 3 aromatic rings. The number of fused-ring (bicyclic) bond motifs is 1. The fraction of sp³-hybridized carbons (Fsp3) is 0.125. The molecule has 100 valence electrons. The molecule has 1 amide bonds. The van der Waals surface area contributed by atoms with Gasteiger partial charge >= 0.3 is 0 Å². The molecule has 0 aliphatic heterocycles. The van der Waals surface area contributed by atoms with Gasteiger partial charge in [-0.2, -0.15) is 0 Å². The van der Waals surface area contributed by atoms with Gasteiger partial charge in [0.15, 0.2) is 0 Å². The molecular weight excluding hydrogens is 252 g/mol. The van der Waals surface area contributed by atoms with Gasteiger partial charge in [0.05, 0.1) is 5.56 Å². The highest BCUT2D eigenvalue weighted by Gasteiger charge is 2.12. The normalized spacial score (nSPS) is 10.7. The third kappa shape index (κ3) is 2.40. The number of rotatable bonds is 3. The van der Waals surface area contributed by atoms with Gasteiger partial charge in [-0.25, -0.2) is 0 Å². The molecule has 0 radical (unpaired) electrons. The number of pyridine rings is 1. The van der Waals surface area contributed by atoms with E-state index >= 15 is 0 Å². The van der Waals surface area contributed by atoms with E-state index in [1.165, 1.54) is 0 Å². The van der Waals surface area contributed by atoms with Crippen molar-refractivity contribution in [2.75, 3.05) is 0 Å². The topological polar surface area (TPSA) is 55.1 Å². The van der Waals surface area contributed by atoms with Gasteiger partial charge in [0.2, 0.25) is 0 Å². The average molecular weight is 266 g/mol. The third-order valence-electron chi connectivity index (χ3n) is 3.11. The number of nitrogens with zero attached hydrogens (tertiary/aromatic N) is 1. The van der Waals surface area contributed by atoms with Crippen LogP contribution in [0.25, 0.3) is 11.0 Å². The van der Waals surface area contributed by atoms with E-state index in [4.69, 9.17) is 4.42 Å². The predicted octanol–water partition coefficient (Wildman–Crippen LogP) is 3.07. The van der Waals surface area contributed by atoms with Crippen molar-refractivity contribution in [2.45, 2.75) is 13.5 Å². The molecule has 0 aliphatic carbocycles. The van der Waals surface area contributed by atoms with Crippen LogP contribution in [-0.4, -0.2) is 10.9 Å². The van der Waals surface area contributed by atoms with Crippen LogP contribution in [0.1, 0.15) is 21.7 Å². The number of aryl methyl sites for hydroxylation is 1. The van der Waals surface area contributed by atoms with Crippen molar-refractivity contribution >= 4 is 16.9 Å². The number of furan rings is 1. The van der Waals surface area contributed by atoms with Crippen LogP contribution in [0.3, 0.4) is 0 Å². The third-order valence-corrected chi connectivity index (χ3v) is 3.11. The van der Waals surface area contributed by atoms with Crippen LogP contribution in [0.5, 0.6) is 0 Å². The van der Waals surface area contributed by atoms with Crippen molar-refractivity contribution in [3.05, 3.63) is 65.7 Å². The van der Waals surface area contributed by atoms with Crippen LogP contribution in [0.4, 0.5) is 0 Å². The van der Waals surface area contributed by atoms with E-state index in [1.54, 1.807) is 18.5 Å². The maximum Gasteiger partial charge on any atom is 0.255 e. The first-order valence-corrected chi connectivity index (χ1v) is 6.40. The minimum absolute atomic E-state index is 0.137. The molecule has 0 bridgehead atoms. The molecule has 1 N–H and O–H groups in total. The van der Waals surface area contributed by atoms with E-state index in [1.807, 2.05) is 37.3 Å². The van der Waals surface area contributed by atoms with Gasteiger partial charge in [-0.3, -0.25) is 9.78 Å². The second kappa shape index (κ2) is 5.17. The Morgan fingerprint density at radius 3 is 2.85 bits per heavy atom. The molecule has 0 unspecified atom stereocenters. The number of amides is 1. The van der Waals surface area contributed by atoms with E-state index in [0.717, 1.165) is 16.7 Å². The Kier molecular flexibility index (Phi) is 3.21. The quantitative estimate of drug-likeness (QED) is 0.792. The van der Waals surface area contributed by atoms with Gasteiger partial charge < -0.3 is 9.73 Å². The smallest absolute Gasteiger partial charge is 0.255 e. The van der Waals surface area contributed by atoms with Crippen LogP contribution in [0.2, 0.25) is 0 Å². The van der Waals surface area contributed by atoms with Crippen molar-refractivity contribution in [1.82, 2.24) is 10.3 Å². The summed E-state index contributed by atoms with van der Waals surface area (Å²) in [7, 11) is 0. The maximum absolute atomic E-state index is 12.3. The molecule has 20 heavy (non-hydrogen) atoms. The van der Waals surface area contributed by atoms with Crippen LogP contribution in [0.15, 0.2) is 53.2 Å². The Morgan fingerprint density at radius 2 is 2.05 bits per heavy atom. The standard InChI is InChI=1S/C16H14N2O2/c1-11-9-13-3-2-4-14(15(13)20-11)16(19)18-10-12-5-7-17-8-6-12/h2-9H,10H2,1H3,(H,18,19). The largest absolute Gasteiger partial charge is 0.461 e. The van der Waals surface area contributed by atoms with Crippen LogP contribution >= 0.6 is 0 Å². The number of aromatic nitrogens is 1. The SMILES string of the molecule is Cc1cc2cccc(C(=O)NCc3ccncc3)c2o1. The Labute approximate surface area is 116 Å². The summed E-state index contributed by atoms with van der Waals surface area (Å²) in [5.74, 6) is 0.663. The van der Waals surface area contributed by atoms with Gasteiger partial charge in [-0.1, -0.05) is 12.1 Å². The monoisotopic (exact) mass is 266 g/mol. The Bertz CT molecular complexity index is 748. The zero-order valence-corrected chi connectivity index (χ0v) is 11.1. The zero-order valence-electron chi connectivity index (χ0n) is 11.1. The summed E-state index contributed by atoms with van der Waals surface area (Å²) in [6.45, 7) is 2.34. The number of hydrogen-bond acceptors (Lipinski definition) is 3. The number of hydrogen-bond donors (Lipinski definition) is 1. The second-order valence-corrected chi connectivity index (χ2v) is 4.62. The van der Waals surface area contributed by atoms with Gasteiger partial charge in [0.25, 0.3) is 5.91 Å². The maximum atomic E-state index is 12.3. The molecule has 0 saturated heterocycles. The number of carbonyl (C=O) groups is 1. The first kappa shape index (κ1) is 12.4. The molecule has 2 aromatic heterocycles. The first-order valence-electron chi connectivity index (χ1n) is 6.40. The molecule has 4 heteroatoms. The van der Waals surface area contributed by atoms with E-state index in [9.17, 15) is 4.79 Å². The number of carbonyl (C=O) groups excluding carboxylic acids is 1. The van der Waals surface area contributed by atoms with Gasteiger partial charge in [-0.15, -0.1) is 0 Å². The average Bonchev–Trinajstić information content (AvgIpc) is 2.85. The minimum atomic E-state index is -0.137. The van der Waals surface area contributed by atoms with Crippen LogP contribution in [0, 0.1) is 6.92 Å². The molecular formula is C16H14N2O2. The van der Waals surface area contributed by atoms with Crippen molar-refractivity contribution < 1.29 is 9.21 Å². The van der Waals surface area contributed by atoms with Gasteiger partial charge in [0.1, 0.15) is 11.3 Å². The summed E-state index contributed by atoms with van der Waals surface area (Å²) in [5, 5.41) is 3.83. The molecule has 0 spiro atoms. The number of para-hydroxylation sites is 1. The summed E-state index contributed by atoms with van der Waals surface area (Å²) < 4.78 is 5.60. The fourth-order valence-electron chi connectivity index (χ4n) is 2.15. The molecule has 0 saturated carbocycles. The minimum Gasteiger partial charge on any atom is -0.461 e. The summed E-state index contributed by atoms with van der Waals surface area (Å²) in [6.07, 6.45) is 3.41. The molecule has 4 nitrogen and oxygen atoms in total. The number of benzene rings is 1. The summed E-state index contributed by atoms with van der Waals surface area (Å²) >= 11 is 0. The molecule has 2 heterocycles. The van der Waals surface area contributed by atoms with E-state index in [-0.39, 0.29) is 5.91 Å². The lowest BCUT2D eigenvalue weighted by Crippen LogP contribution is -2.22. The van der Waals surface area contributed by atoms with Crippen molar-refractivity contribution in [2.24, 2.45) is 0 Å². The van der Waals surface area contributed by atoms with Crippen molar-refractivity contribution in [1.29, 1.82) is 0 Å². The first-order chi connectivity index (χ1) is 9.74. The molecule has 0 fully saturated rings. The van der Waals surface area contributed by atoms with Crippen LogP contribution in [-0.2, 0) is 6.54 Å². The highest BCUT2D eigenvalue weighted by atomic mass is 16.3. The highest BCUT2D eigenvalue weighted by Crippen LogP contribution is 2.22. The summed E-state index contributed by atoms with van der Waals surface area (Å²) in [4.78, 5) is 16.2. The lowest BCUT2D eigenvalue weighted by molar-refractivity contribution is 0.0951. The van der Waals surface area contributed by atoms with Gasteiger partial charge in [0, 0.05) is 24.3 Å². The van der Waals surface area contributed by atoms with Gasteiger partial charge in [-0.05, 0) is 36.8 Å². The van der Waals surface area contributed by atoms with E-state index in [2.05, 4.69) is 10.3 Å². The zero-order chi connectivity index (χ0) is 13.9. The van der Waals surface area contributed by atoms with E-state index < -0.39 is 0 Å². The molecule has 1 aromatic carbocycles. The van der Waals surface area contributed by atoms with Crippen molar-refractivity contribution in [3.8, 4) is 0 Å². The lowest BCUT2D eigenvalue weighted by Gasteiger charge is -2.05. The Morgan fingerprint density at radius 1 is 1.25 bits per heavy atom. The fourth-order valence-corrected chi connectivity index (χ4v) is 2.15. The van der Waals surface area contributed by atoms with E-state index in [0.29, 0.717) is 17.7 Å². The molecule has 3 rings (SSSR count). The molecule has 0 atom stereocenters. The number of nitrogens with one attached hydrogen (secondary N) is 1. The predicted molar refractivity (Wildman–Crippen MR) is 76.4 cm³/mol. The Balaban J connectivity index is 1.82. The summed E-state index contributed by atoms with van der Waals surface area (Å²) in [5.41, 5.74) is 2.21. The molecule has 0 aliphatic rings.